The van der Waals surface area contributed by atoms with E-state index in [2.05, 4.69) is 4.72 Å². The fraction of sp³-hybridized carbons (Fsp3) is 0.231. The van der Waals surface area contributed by atoms with Crippen molar-refractivity contribution in [2.24, 2.45) is 0 Å². The van der Waals surface area contributed by atoms with Crippen LogP contribution in [0.15, 0.2) is 29.2 Å². The van der Waals surface area contributed by atoms with E-state index in [1.165, 1.54) is 24.5 Å². The number of methoxy groups -OCH3 is 1. The molecule has 1 aromatic heterocycles. The van der Waals surface area contributed by atoms with Crippen LogP contribution in [0.5, 0.6) is 5.75 Å². The molecule has 3 N–H and O–H groups in total. The van der Waals surface area contributed by atoms with Crippen LogP contribution in [0.1, 0.15) is 9.75 Å². The molecule has 0 aliphatic heterocycles. The van der Waals surface area contributed by atoms with Crippen molar-refractivity contribution in [1.82, 2.24) is 0 Å². The quantitative estimate of drug-likeness (QED) is 0.851. The van der Waals surface area contributed by atoms with Crippen LogP contribution >= 0.6 is 11.3 Å². The molecule has 0 aliphatic rings. The molecule has 5 nitrogen and oxygen atoms in total. The summed E-state index contributed by atoms with van der Waals surface area (Å²) in [5.41, 5.74) is 6.47. The number of rotatable bonds is 4. The number of hydrogen-bond acceptors (Lipinski definition) is 5. The summed E-state index contributed by atoms with van der Waals surface area (Å²) >= 11 is 1.44. The first-order valence-electron chi connectivity index (χ1n) is 5.87. The second kappa shape index (κ2) is 5.34. The molecule has 0 fully saturated rings. The lowest BCUT2D eigenvalue weighted by Crippen LogP contribution is -2.14. The van der Waals surface area contributed by atoms with Crippen molar-refractivity contribution < 1.29 is 13.2 Å². The molecule has 0 saturated heterocycles. The van der Waals surface area contributed by atoms with E-state index in [0.717, 1.165) is 9.75 Å². The predicted molar refractivity (Wildman–Crippen MR) is 82.0 cm³/mol. The number of sulfonamides is 1. The van der Waals surface area contributed by atoms with Crippen LogP contribution < -0.4 is 15.2 Å². The van der Waals surface area contributed by atoms with Gasteiger partial charge in [-0.1, -0.05) is 0 Å². The number of nitrogens with one attached hydrogen (secondary N) is 1. The van der Waals surface area contributed by atoms with E-state index in [9.17, 15) is 8.42 Å². The summed E-state index contributed by atoms with van der Waals surface area (Å²) in [4.78, 5) is 1.98. The minimum atomic E-state index is -3.65. The summed E-state index contributed by atoms with van der Waals surface area (Å²) < 4.78 is 32.5. The zero-order valence-electron chi connectivity index (χ0n) is 11.4. The maximum absolute atomic E-state index is 12.4. The van der Waals surface area contributed by atoms with Gasteiger partial charge in [0.15, 0.2) is 0 Å². The molecule has 0 aliphatic carbocycles. The molecule has 0 saturated carbocycles. The van der Waals surface area contributed by atoms with E-state index in [1.54, 1.807) is 25.1 Å². The summed E-state index contributed by atoms with van der Waals surface area (Å²) in [6.07, 6.45) is 0. The number of ether oxygens (including phenoxy) is 1. The fourth-order valence-corrected chi connectivity index (χ4v) is 4.50. The van der Waals surface area contributed by atoms with Gasteiger partial charge < -0.3 is 10.5 Å². The van der Waals surface area contributed by atoms with E-state index in [4.69, 9.17) is 10.5 Å². The minimum Gasteiger partial charge on any atom is -0.495 e. The Hall–Kier alpha value is -1.73. The second-order valence-electron chi connectivity index (χ2n) is 4.34. The zero-order valence-corrected chi connectivity index (χ0v) is 13.1. The van der Waals surface area contributed by atoms with E-state index >= 15 is 0 Å². The summed E-state index contributed by atoms with van der Waals surface area (Å²) in [6.45, 7) is 3.65. The van der Waals surface area contributed by atoms with Gasteiger partial charge in [0.2, 0.25) is 0 Å². The Morgan fingerprint density at radius 2 is 1.95 bits per heavy atom. The molecule has 0 bridgehead atoms. The van der Waals surface area contributed by atoms with Gasteiger partial charge in [-0.05, 0) is 38.1 Å². The van der Waals surface area contributed by atoms with E-state index in [1.807, 2.05) is 6.92 Å². The number of anilines is 2. The Balaban J connectivity index is 2.43. The first-order chi connectivity index (χ1) is 9.33. The van der Waals surface area contributed by atoms with Crippen LogP contribution in [-0.4, -0.2) is 15.5 Å². The van der Waals surface area contributed by atoms with Gasteiger partial charge in [-0.2, -0.15) is 0 Å². The molecule has 1 aromatic carbocycles. The van der Waals surface area contributed by atoms with Crippen molar-refractivity contribution in [3.05, 3.63) is 34.0 Å². The Morgan fingerprint density at radius 3 is 2.50 bits per heavy atom. The largest absolute Gasteiger partial charge is 0.495 e. The number of aryl methyl sites for hydroxylation is 2. The van der Waals surface area contributed by atoms with Crippen LogP contribution in [0, 0.1) is 13.8 Å². The SMILES string of the molecule is COc1ccc(N)cc1NS(=O)(=O)c1cc(C)sc1C. The van der Waals surface area contributed by atoms with Gasteiger partial charge in [-0.25, -0.2) is 8.42 Å². The summed E-state index contributed by atoms with van der Waals surface area (Å²) in [5.74, 6) is 0.423. The second-order valence-corrected chi connectivity index (χ2v) is 7.45. The van der Waals surface area contributed by atoms with Gasteiger partial charge in [0.1, 0.15) is 10.6 Å². The Labute approximate surface area is 122 Å². The Bertz CT molecular complexity index is 736. The maximum atomic E-state index is 12.4. The van der Waals surface area contributed by atoms with Gasteiger partial charge in [0.25, 0.3) is 10.0 Å². The van der Waals surface area contributed by atoms with Crippen molar-refractivity contribution in [2.45, 2.75) is 18.7 Å². The molecule has 0 amide bonds. The molecule has 0 spiro atoms. The van der Waals surface area contributed by atoms with Crippen molar-refractivity contribution in [3.8, 4) is 5.75 Å². The normalized spacial score (nSPS) is 11.3. The highest BCUT2D eigenvalue weighted by Crippen LogP contribution is 2.31. The van der Waals surface area contributed by atoms with Gasteiger partial charge in [0.05, 0.1) is 12.8 Å². The average Bonchev–Trinajstić information content (AvgIpc) is 2.69. The molecule has 1 heterocycles. The smallest absolute Gasteiger partial charge is 0.263 e. The molecule has 2 rings (SSSR count). The first kappa shape index (κ1) is 14.7. The zero-order chi connectivity index (χ0) is 14.9. The van der Waals surface area contributed by atoms with Crippen molar-refractivity contribution in [1.29, 1.82) is 0 Å². The molecule has 0 atom stereocenters. The number of nitrogens with two attached hydrogens (primary N) is 1. The first-order valence-corrected chi connectivity index (χ1v) is 8.17. The molecular formula is C13H16N2O3S2. The minimum absolute atomic E-state index is 0.282. The van der Waals surface area contributed by atoms with Crippen LogP contribution in [0.2, 0.25) is 0 Å². The molecule has 0 radical (unpaired) electrons. The monoisotopic (exact) mass is 312 g/mol. The van der Waals surface area contributed by atoms with Gasteiger partial charge in [-0.3, -0.25) is 4.72 Å². The average molecular weight is 312 g/mol. The van der Waals surface area contributed by atoms with Gasteiger partial charge >= 0.3 is 0 Å². The fourth-order valence-electron chi connectivity index (χ4n) is 1.88. The van der Waals surface area contributed by atoms with Crippen LogP contribution in [0.3, 0.4) is 0 Å². The predicted octanol–water partition coefficient (Wildman–Crippen LogP) is 2.76. The summed E-state index contributed by atoms with van der Waals surface area (Å²) in [5, 5.41) is 0. The maximum Gasteiger partial charge on any atom is 0.263 e. The number of benzene rings is 1. The lowest BCUT2D eigenvalue weighted by molar-refractivity contribution is 0.417. The van der Waals surface area contributed by atoms with Crippen LogP contribution in [0.25, 0.3) is 0 Å². The standard InChI is InChI=1S/C13H16N2O3S2/c1-8-6-13(9(2)19-8)20(16,17)15-11-7-10(14)4-5-12(11)18-3/h4-7,15H,14H2,1-3H3. The molecular weight excluding hydrogens is 296 g/mol. The third-order valence-electron chi connectivity index (χ3n) is 2.75. The number of nitrogen functional groups attached to an aromatic ring is 1. The molecule has 20 heavy (non-hydrogen) atoms. The molecule has 0 unspecified atom stereocenters. The highest BCUT2D eigenvalue weighted by molar-refractivity contribution is 7.93. The van der Waals surface area contributed by atoms with E-state index in [0.29, 0.717) is 17.1 Å². The highest BCUT2D eigenvalue weighted by Gasteiger charge is 2.20. The Kier molecular flexibility index (Phi) is 3.92. The number of hydrogen-bond donors (Lipinski definition) is 2. The summed E-state index contributed by atoms with van der Waals surface area (Å²) in [6, 6.07) is 6.46. The van der Waals surface area contributed by atoms with Crippen LogP contribution in [-0.2, 0) is 10.0 Å². The molecule has 108 valence electrons. The summed E-state index contributed by atoms with van der Waals surface area (Å²) in [7, 11) is -2.17. The van der Waals surface area contributed by atoms with Crippen molar-refractivity contribution in [2.75, 3.05) is 17.6 Å². The number of thiophene rings is 1. The van der Waals surface area contributed by atoms with Crippen LogP contribution in [0.4, 0.5) is 11.4 Å². The topological polar surface area (TPSA) is 81.4 Å². The van der Waals surface area contributed by atoms with Crippen molar-refractivity contribution >= 4 is 32.7 Å². The lowest BCUT2D eigenvalue weighted by atomic mass is 10.2. The third-order valence-corrected chi connectivity index (χ3v) is 5.34. The third kappa shape index (κ3) is 2.88. The Morgan fingerprint density at radius 1 is 1.25 bits per heavy atom. The van der Waals surface area contributed by atoms with Gasteiger partial charge in [0, 0.05) is 15.4 Å². The van der Waals surface area contributed by atoms with E-state index < -0.39 is 10.0 Å². The lowest BCUT2D eigenvalue weighted by Gasteiger charge is -2.12. The van der Waals surface area contributed by atoms with Gasteiger partial charge in [-0.15, -0.1) is 11.3 Å². The highest BCUT2D eigenvalue weighted by atomic mass is 32.2. The molecule has 7 heteroatoms. The molecule has 2 aromatic rings. The van der Waals surface area contributed by atoms with Crippen molar-refractivity contribution in [3.63, 3.8) is 0 Å². The van der Waals surface area contributed by atoms with E-state index in [-0.39, 0.29) is 4.90 Å².